The van der Waals surface area contributed by atoms with Crippen molar-refractivity contribution < 1.29 is 0 Å². The SMILES string of the molecule is c1ccc(-c2ccccc2-c2nc(-c3cccc(-c4ccc5c6ccccc6n(-c6ccccc6)c5c4)c3)nc(-c3c4ccccc4cc4c3ccc3ccccc34)n2)cc1. The topological polar surface area (TPSA) is 43.6 Å². The van der Waals surface area contributed by atoms with Crippen molar-refractivity contribution in [1.29, 1.82) is 0 Å². The lowest BCUT2D eigenvalue weighted by Gasteiger charge is -2.16. The normalized spacial score (nSPS) is 11.6. The van der Waals surface area contributed by atoms with Gasteiger partial charge in [0.2, 0.25) is 0 Å². The summed E-state index contributed by atoms with van der Waals surface area (Å²) in [6.07, 6.45) is 0. The minimum Gasteiger partial charge on any atom is -0.309 e. The lowest BCUT2D eigenvalue weighted by Crippen LogP contribution is -2.02. The highest BCUT2D eigenvalue weighted by atomic mass is 15.0. The lowest BCUT2D eigenvalue weighted by atomic mass is 9.93. The summed E-state index contributed by atoms with van der Waals surface area (Å²) in [6.45, 7) is 0. The van der Waals surface area contributed by atoms with Crippen LogP contribution >= 0.6 is 0 Å². The minimum absolute atomic E-state index is 0.617. The lowest BCUT2D eigenvalue weighted by molar-refractivity contribution is 1.08. The summed E-state index contributed by atoms with van der Waals surface area (Å²) < 4.78 is 2.37. The van der Waals surface area contributed by atoms with Crippen LogP contribution in [0, 0.1) is 0 Å². The summed E-state index contributed by atoms with van der Waals surface area (Å²) in [7, 11) is 0. The number of hydrogen-bond donors (Lipinski definition) is 0. The molecular weight excluding hydrogens is 741 g/mol. The predicted octanol–water partition coefficient (Wildman–Crippen LogP) is 14.8. The zero-order chi connectivity index (χ0) is 40.3. The van der Waals surface area contributed by atoms with E-state index in [2.05, 4.69) is 217 Å². The van der Waals surface area contributed by atoms with Crippen LogP contribution < -0.4 is 0 Å². The summed E-state index contributed by atoms with van der Waals surface area (Å²) in [5, 5.41) is 9.37. The van der Waals surface area contributed by atoms with Crippen LogP contribution in [-0.2, 0) is 0 Å². The molecule has 0 aliphatic carbocycles. The maximum Gasteiger partial charge on any atom is 0.165 e. The molecule has 61 heavy (non-hydrogen) atoms. The van der Waals surface area contributed by atoms with Crippen LogP contribution in [0.1, 0.15) is 0 Å². The van der Waals surface area contributed by atoms with Gasteiger partial charge >= 0.3 is 0 Å². The third kappa shape index (κ3) is 5.88. The fourth-order valence-corrected chi connectivity index (χ4v) is 9.19. The number of aromatic nitrogens is 4. The van der Waals surface area contributed by atoms with E-state index in [-0.39, 0.29) is 0 Å². The van der Waals surface area contributed by atoms with Gasteiger partial charge in [-0.2, -0.15) is 0 Å². The van der Waals surface area contributed by atoms with Crippen LogP contribution in [0.2, 0.25) is 0 Å². The van der Waals surface area contributed by atoms with Crippen LogP contribution in [0.25, 0.3) is 116 Å². The fraction of sp³-hybridized carbons (Fsp3) is 0. The number of benzene rings is 10. The van der Waals surface area contributed by atoms with Gasteiger partial charge in [0, 0.05) is 33.2 Å². The van der Waals surface area contributed by atoms with Gasteiger partial charge in [0.05, 0.1) is 11.0 Å². The van der Waals surface area contributed by atoms with Crippen molar-refractivity contribution >= 4 is 54.1 Å². The van der Waals surface area contributed by atoms with Crippen molar-refractivity contribution in [2.24, 2.45) is 0 Å². The molecule has 0 bridgehead atoms. The van der Waals surface area contributed by atoms with Crippen LogP contribution in [0.5, 0.6) is 0 Å². The molecule has 10 aromatic carbocycles. The Hall–Kier alpha value is -8.21. The molecule has 4 nitrogen and oxygen atoms in total. The molecule has 0 unspecified atom stereocenters. The van der Waals surface area contributed by atoms with E-state index in [1.807, 2.05) is 6.07 Å². The third-order valence-electron chi connectivity index (χ3n) is 12.0. The molecule has 4 heteroatoms. The molecule has 0 saturated heterocycles. The van der Waals surface area contributed by atoms with Gasteiger partial charge in [-0.25, -0.2) is 15.0 Å². The molecule has 0 amide bonds. The zero-order valence-electron chi connectivity index (χ0n) is 33.1. The summed E-state index contributed by atoms with van der Waals surface area (Å²) >= 11 is 0. The van der Waals surface area contributed by atoms with E-state index in [0.717, 1.165) is 66.3 Å². The minimum atomic E-state index is 0.617. The molecule has 0 atom stereocenters. The van der Waals surface area contributed by atoms with Crippen LogP contribution in [0.15, 0.2) is 218 Å². The molecule has 0 N–H and O–H groups in total. The van der Waals surface area contributed by atoms with Crippen molar-refractivity contribution in [3.8, 4) is 62.1 Å². The summed E-state index contributed by atoms with van der Waals surface area (Å²) in [5.74, 6) is 1.88. The Morgan fingerprint density at radius 2 is 0.869 bits per heavy atom. The summed E-state index contributed by atoms with van der Waals surface area (Å²) in [6, 6.07) is 77.5. The maximum atomic E-state index is 5.42. The van der Waals surface area contributed by atoms with Crippen molar-refractivity contribution in [3.05, 3.63) is 218 Å². The number of nitrogens with zero attached hydrogens (tertiary/aromatic N) is 4. The average Bonchev–Trinajstić information content (AvgIpc) is 3.67. The Balaban J connectivity index is 1.09. The fourth-order valence-electron chi connectivity index (χ4n) is 9.19. The van der Waals surface area contributed by atoms with Gasteiger partial charge in [-0.3, -0.25) is 0 Å². The molecule has 2 aromatic heterocycles. The Morgan fingerprint density at radius 1 is 0.279 bits per heavy atom. The largest absolute Gasteiger partial charge is 0.309 e. The summed E-state index contributed by atoms with van der Waals surface area (Å²) in [4.78, 5) is 16.2. The first-order valence-electron chi connectivity index (χ1n) is 20.7. The molecule has 12 aromatic rings. The van der Waals surface area contributed by atoms with Gasteiger partial charge in [-0.05, 0) is 91.0 Å². The molecule has 0 radical (unpaired) electrons. The molecular formula is C57H36N4. The van der Waals surface area contributed by atoms with E-state index in [9.17, 15) is 0 Å². The Kier molecular flexibility index (Phi) is 8.13. The molecule has 0 saturated carbocycles. The number of rotatable bonds is 6. The van der Waals surface area contributed by atoms with Crippen molar-refractivity contribution in [1.82, 2.24) is 19.5 Å². The number of para-hydroxylation sites is 2. The molecule has 12 rings (SSSR count). The predicted molar refractivity (Wildman–Crippen MR) is 254 cm³/mol. The molecule has 0 aliphatic heterocycles. The molecule has 0 aliphatic rings. The van der Waals surface area contributed by atoms with Gasteiger partial charge in [-0.1, -0.05) is 182 Å². The maximum absolute atomic E-state index is 5.42. The van der Waals surface area contributed by atoms with Gasteiger partial charge in [0.15, 0.2) is 17.5 Å². The van der Waals surface area contributed by atoms with Crippen molar-refractivity contribution in [2.45, 2.75) is 0 Å². The van der Waals surface area contributed by atoms with E-state index >= 15 is 0 Å². The van der Waals surface area contributed by atoms with E-state index < -0.39 is 0 Å². The standard InChI is InChI=1S/C57H36N4/c1-3-16-37(17-4-1)44-24-11-12-28-50(44)56-58-55(59-57(60-56)54-46-26-10-8-19-41(46)35-51-45-25-9-7-18-38(45)30-33-49(51)54)42-21-15-20-39(34-42)40-31-32-48-47-27-13-14-29-52(47)61(53(48)36-40)43-22-5-2-6-23-43/h1-36H. The zero-order valence-corrected chi connectivity index (χ0v) is 33.1. The van der Waals surface area contributed by atoms with Crippen LogP contribution in [0.4, 0.5) is 0 Å². The third-order valence-corrected chi connectivity index (χ3v) is 12.0. The van der Waals surface area contributed by atoms with E-state index in [1.165, 1.54) is 32.4 Å². The van der Waals surface area contributed by atoms with Gasteiger partial charge in [0.25, 0.3) is 0 Å². The number of fused-ring (bicyclic) bond motifs is 7. The van der Waals surface area contributed by atoms with Gasteiger partial charge in [0.1, 0.15) is 0 Å². The quantitative estimate of drug-likeness (QED) is 0.125. The highest BCUT2D eigenvalue weighted by Crippen LogP contribution is 2.41. The van der Waals surface area contributed by atoms with Crippen LogP contribution in [-0.4, -0.2) is 19.5 Å². The molecule has 0 spiro atoms. The van der Waals surface area contributed by atoms with E-state index in [1.54, 1.807) is 0 Å². The number of hydrogen-bond acceptors (Lipinski definition) is 3. The molecule has 2 heterocycles. The van der Waals surface area contributed by atoms with E-state index in [4.69, 9.17) is 15.0 Å². The first-order valence-corrected chi connectivity index (χ1v) is 20.7. The highest BCUT2D eigenvalue weighted by molar-refractivity contribution is 6.19. The van der Waals surface area contributed by atoms with E-state index in [0.29, 0.717) is 17.5 Å². The van der Waals surface area contributed by atoms with Crippen molar-refractivity contribution in [3.63, 3.8) is 0 Å². The smallest absolute Gasteiger partial charge is 0.165 e. The first-order chi connectivity index (χ1) is 30.2. The summed E-state index contributed by atoms with van der Waals surface area (Å²) in [5.41, 5.74) is 10.7. The van der Waals surface area contributed by atoms with Crippen molar-refractivity contribution in [2.75, 3.05) is 0 Å². The second-order valence-electron chi connectivity index (χ2n) is 15.6. The second kappa shape index (κ2) is 14.3. The second-order valence-corrected chi connectivity index (χ2v) is 15.6. The van der Waals surface area contributed by atoms with Crippen LogP contribution in [0.3, 0.4) is 0 Å². The molecule has 0 fully saturated rings. The Labute approximate surface area is 352 Å². The molecule has 284 valence electrons. The van der Waals surface area contributed by atoms with Gasteiger partial charge in [-0.15, -0.1) is 0 Å². The Morgan fingerprint density at radius 3 is 1.72 bits per heavy atom. The highest BCUT2D eigenvalue weighted by Gasteiger charge is 2.20. The average molecular weight is 777 g/mol. The van der Waals surface area contributed by atoms with Gasteiger partial charge < -0.3 is 4.57 Å². The monoisotopic (exact) mass is 776 g/mol. The Bertz CT molecular complexity index is 3650. The first kappa shape index (κ1) is 34.8.